The second-order valence-corrected chi connectivity index (χ2v) is 7.80. The molecule has 1 aliphatic heterocycles. The summed E-state index contributed by atoms with van der Waals surface area (Å²) in [6.07, 6.45) is -0.454. The van der Waals surface area contributed by atoms with Crippen molar-refractivity contribution in [2.24, 2.45) is 22.7 Å². The van der Waals surface area contributed by atoms with E-state index in [0.29, 0.717) is 19.1 Å². The molecule has 116 valence electrons. The second-order valence-electron chi connectivity index (χ2n) is 7.80. The van der Waals surface area contributed by atoms with Gasteiger partial charge in [-0.3, -0.25) is 0 Å². The maximum atomic E-state index is 10.8. The van der Waals surface area contributed by atoms with Gasteiger partial charge in [0.2, 0.25) is 0 Å². The molecule has 1 saturated carbocycles. The molecule has 21 heavy (non-hydrogen) atoms. The third kappa shape index (κ3) is 2.22. The van der Waals surface area contributed by atoms with Gasteiger partial charge in [-0.25, -0.2) is 0 Å². The lowest BCUT2D eigenvalue weighted by molar-refractivity contribution is 0.130. The van der Waals surface area contributed by atoms with Crippen LogP contribution in [0.1, 0.15) is 46.3 Å². The van der Waals surface area contributed by atoms with Gasteiger partial charge in [0.25, 0.3) is 0 Å². The summed E-state index contributed by atoms with van der Waals surface area (Å²) in [5.41, 5.74) is 1.24. The Morgan fingerprint density at radius 1 is 1.05 bits per heavy atom. The molecular formula is C18H26O3. The molecule has 2 atom stereocenters. The zero-order chi connectivity index (χ0) is 15.4. The Labute approximate surface area is 127 Å². The Morgan fingerprint density at radius 3 is 2.19 bits per heavy atom. The van der Waals surface area contributed by atoms with Crippen molar-refractivity contribution in [2.75, 3.05) is 13.2 Å². The Hall–Kier alpha value is -1.22. The van der Waals surface area contributed by atoms with Gasteiger partial charge in [0.05, 0.1) is 19.3 Å². The van der Waals surface area contributed by atoms with Crippen LogP contribution in [0.5, 0.6) is 11.5 Å². The SMILES string of the molecule is CC1COc2ccc(C(O)C3C(C)(C)C3(C)C)cc2OC1. The van der Waals surface area contributed by atoms with Crippen LogP contribution in [-0.2, 0) is 0 Å². The van der Waals surface area contributed by atoms with Crippen molar-refractivity contribution in [3.8, 4) is 11.5 Å². The van der Waals surface area contributed by atoms with E-state index >= 15 is 0 Å². The molecule has 3 rings (SSSR count). The van der Waals surface area contributed by atoms with Crippen LogP contribution < -0.4 is 9.47 Å². The number of benzene rings is 1. The quantitative estimate of drug-likeness (QED) is 0.900. The summed E-state index contributed by atoms with van der Waals surface area (Å²) in [4.78, 5) is 0. The van der Waals surface area contributed by atoms with E-state index in [0.717, 1.165) is 17.1 Å². The highest BCUT2D eigenvalue weighted by molar-refractivity contribution is 5.44. The molecule has 1 fully saturated rings. The van der Waals surface area contributed by atoms with Crippen LogP contribution in [-0.4, -0.2) is 18.3 Å². The summed E-state index contributed by atoms with van der Waals surface area (Å²) in [6, 6.07) is 5.84. The fourth-order valence-electron chi connectivity index (χ4n) is 3.68. The summed E-state index contributed by atoms with van der Waals surface area (Å²) in [5, 5.41) is 10.8. The summed E-state index contributed by atoms with van der Waals surface area (Å²) in [7, 11) is 0. The molecule has 1 aromatic rings. The van der Waals surface area contributed by atoms with E-state index in [-0.39, 0.29) is 16.7 Å². The van der Waals surface area contributed by atoms with Gasteiger partial charge in [-0.05, 0) is 28.5 Å². The van der Waals surface area contributed by atoms with Gasteiger partial charge >= 0.3 is 0 Å². The second kappa shape index (κ2) is 4.64. The molecular weight excluding hydrogens is 264 g/mol. The number of hydrogen-bond donors (Lipinski definition) is 1. The number of ether oxygens (including phenoxy) is 2. The first-order chi connectivity index (χ1) is 9.75. The van der Waals surface area contributed by atoms with Crippen molar-refractivity contribution in [3.63, 3.8) is 0 Å². The van der Waals surface area contributed by atoms with Crippen LogP contribution in [0, 0.1) is 22.7 Å². The summed E-state index contributed by atoms with van der Waals surface area (Å²) >= 11 is 0. The molecule has 1 N–H and O–H groups in total. The number of rotatable bonds is 2. The minimum atomic E-state index is -0.454. The van der Waals surface area contributed by atoms with Crippen molar-refractivity contribution in [2.45, 2.75) is 40.7 Å². The standard InChI is InChI=1S/C18H26O3/c1-11-9-20-13-7-6-12(8-14(13)21-10-11)15(19)16-17(2,3)18(16,4)5/h6-8,11,15-16,19H,9-10H2,1-5H3. The lowest BCUT2D eigenvalue weighted by atomic mass is 9.99. The van der Waals surface area contributed by atoms with E-state index in [4.69, 9.17) is 9.47 Å². The van der Waals surface area contributed by atoms with Crippen molar-refractivity contribution in [3.05, 3.63) is 23.8 Å². The Kier molecular flexibility index (Phi) is 3.25. The number of aliphatic hydroxyl groups is 1. The number of hydrogen-bond acceptors (Lipinski definition) is 3. The molecule has 0 spiro atoms. The normalized spacial score (nSPS) is 27.8. The highest BCUT2D eigenvalue weighted by Crippen LogP contribution is 2.72. The van der Waals surface area contributed by atoms with Crippen molar-refractivity contribution in [1.29, 1.82) is 0 Å². The van der Waals surface area contributed by atoms with Gasteiger partial charge in [0.15, 0.2) is 11.5 Å². The summed E-state index contributed by atoms with van der Waals surface area (Å²) in [5.74, 6) is 2.19. The van der Waals surface area contributed by atoms with E-state index < -0.39 is 6.10 Å². The zero-order valence-electron chi connectivity index (χ0n) is 13.6. The average Bonchev–Trinajstić information content (AvgIpc) is 2.91. The molecule has 0 radical (unpaired) electrons. The fourth-order valence-corrected chi connectivity index (χ4v) is 3.68. The lowest BCUT2D eigenvalue weighted by Gasteiger charge is -2.15. The van der Waals surface area contributed by atoms with Gasteiger partial charge in [-0.15, -0.1) is 0 Å². The smallest absolute Gasteiger partial charge is 0.161 e. The Bertz CT molecular complexity index is 533. The molecule has 2 unspecified atom stereocenters. The summed E-state index contributed by atoms with van der Waals surface area (Å²) < 4.78 is 11.6. The maximum absolute atomic E-state index is 10.8. The summed E-state index contributed by atoms with van der Waals surface area (Å²) in [6.45, 7) is 12.4. The van der Waals surface area contributed by atoms with Crippen LogP contribution >= 0.6 is 0 Å². The van der Waals surface area contributed by atoms with Crippen molar-refractivity contribution in [1.82, 2.24) is 0 Å². The van der Waals surface area contributed by atoms with E-state index in [1.807, 2.05) is 18.2 Å². The van der Waals surface area contributed by atoms with Crippen LogP contribution in [0.2, 0.25) is 0 Å². The van der Waals surface area contributed by atoms with Crippen molar-refractivity contribution >= 4 is 0 Å². The molecule has 0 amide bonds. The van der Waals surface area contributed by atoms with Gasteiger partial charge in [0.1, 0.15) is 0 Å². The first-order valence-electron chi connectivity index (χ1n) is 7.83. The highest BCUT2D eigenvalue weighted by atomic mass is 16.5. The van der Waals surface area contributed by atoms with E-state index in [1.165, 1.54) is 0 Å². The predicted octanol–water partition coefficient (Wildman–Crippen LogP) is 3.81. The topological polar surface area (TPSA) is 38.7 Å². The van der Waals surface area contributed by atoms with Crippen LogP contribution in [0.15, 0.2) is 18.2 Å². The average molecular weight is 290 g/mol. The van der Waals surface area contributed by atoms with Crippen molar-refractivity contribution < 1.29 is 14.6 Å². The van der Waals surface area contributed by atoms with E-state index in [1.54, 1.807) is 0 Å². The molecule has 2 aliphatic rings. The molecule has 1 aromatic carbocycles. The van der Waals surface area contributed by atoms with Gasteiger partial charge in [-0.1, -0.05) is 40.7 Å². The minimum Gasteiger partial charge on any atom is -0.489 e. The van der Waals surface area contributed by atoms with Gasteiger partial charge < -0.3 is 14.6 Å². The first-order valence-corrected chi connectivity index (χ1v) is 7.83. The molecule has 3 heteroatoms. The lowest BCUT2D eigenvalue weighted by Crippen LogP contribution is -2.12. The fraction of sp³-hybridized carbons (Fsp3) is 0.667. The Balaban J connectivity index is 1.85. The molecule has 3 nitrogen and oxygen atoms in total. The predicted molar refractivity (Wildman–Crippen MR) is 82.6 cm³/mol. The third-order valence-corrected chi connectivity index (χ3v) is 5.80. The van der Waals surface area contributed by atoms with Crippen LogP contribution in [0.3, 0.4) is 0 Å². The molecule has 0 bridgehead atoms. The maximum Gasteiger partial charge on any atom is 0.161 e. The monoisotopic (exact) mass is 290 g/mol. The third-order valence-electron chi connectivity index (χ3n) is 5.80. The number of fused-ring (bicyclic) bond motifs is 1. The van der Waals surface area contributed by atoms with E-state index in [2.05, 4.69) is 34.6 Å². The molecule has 1 aliphatic carbocycles. The largest absolute Gasteiger partial charge is 0.489 e. The van der Waals surface area contributed by atoms with E-state index in [9.17, 15) is 5.11 Å². The van der Waals surface area contributed by atoms with Gasteiger partial charge in [0, 0.05) is 11.8 Å². The minimum absolute atomic E-state index is 0.158. The zero-order valence-corrected chi connectivity index (χ0v) is 13.6. The van der Waals surface area contributed by atoms with Crippen LogP contribution in [0.25, 0.3) is 0 Å². The molecule has 0 saturated heterocycles. The highest BCUT2D eigenvalue weighted by Gasteiger charge is 2.67. The molecule has 0 aromatic heterocycles. The Morgan fingerprint density at radius 2 is 1.62 bits per heavy atom. The van der Waals surface area contributed by atoms with Crippen LogP contribution in [0.4, 0.5) is 0 Å². The number of aliphatic hydroxyl groups excluding tert-OH is 1. The first kappa shape index (κ1) is 14.7. The van der Waals surface area contributed by atoms with Gasteiger partial charge in [-0.2, -0.15) is 0 Å². The molecule has 1 heterocycles.